The zero-order chi connectivity index (χ0) is 20.2. The molecule has 2 N–H and O–H groups in total. The Morgan fingerprint density at radius 1 is 1.31 bits per heavy atom. The summed E-state index contributed by atoms with van der Waals surface area (Å²) >= 11 is 0. The average Bonchev–Trinajstić information content (AvgIpc) is 3.40. The second-order valence-corrected chi connectivity index (χ2v) is 7.70. The average molecular weight is 395 g/mol. The van der Waals surface area contributed by atoms with Crippen LogP contribution in [0.25, 0.3) is 0 Å². The number of carbonyl (C=O) groups excluding carboxylic acids is 1. The van der Waals surface area contributed by atoms with Gasteiger partial charge in [-0.2, -0.15) is 5.10 Å². The lowest BCUT2D eigenvalue weighted by molar-refractivity contribution is -0.132. The van der Waals surface area contributed by atoms with Crippen LogP contribution in [0.2, 0.25) is 0 Å². The van der Waals surface area contributed by atoms with E-state index in [1.165, 1.54) is 6.07 Å². The van der Waals surface area contributed by atoms with Gasteiger partial charge < -0.3 is 10.6 Å². The van der Waals surface area contributed by atoms with Gasteiger partial charge in [0.25, 0.3) is 0 Å². The SMILES string of the molecule is N[C@@H](CC(=O)N1CCC[C@H]1c1ncn(C2C=CC=CC2)n1)Cc1ccccc1F. The minimum Gasteiger partial charge on any atom is -0.332 e. The summed E-state index contributed by atoms with van der Waals surface area (Å²) in [5.74, 6) is 0.380. The van der Waals surface area contributed by atoms with Crippen molar-refractivity contribution in [2.75, 3.05) is 6.54 Å². The first-order chi connectivity index (χ1) is 14.1. The standard InChI is InChI=1S/C22H26FN5O/c23-19-10-5-4-7-16(19)13-17(24)14-21(29)27-12-6-11-20(27)22-25-15-28(26-22)18-8-2-1-3-9-18/h1-5,7-8,10,15,17-18,20H,6,9,11-14,24H2/t17-,18?,20+/m1/s1. The number of nitrogens with two attached hydrogens (primary N) is 1. The van der Waals surface area contributed by atoms with Gasteiger partial charge >= 0.3 is 0 Å². The van der Waals surface area contributed by atoms with Gasteiger partial charge in [0.2, 0.25) is 5.91 Å². The molecule has 4 rings (SSSR count). The third-order valence-corrected chi connectivity index (χ3v) is 5.57. The number of likely N-dealkylation sites (tertiary alicyclic amines) is 1. The molecular formula is C22H26FN5O. The molecule has 1 aliphatic heterocycles. The van der Waals surface area contributed by atoms with Gasteiger partial charge in [-0.25, -0.2) is 14.1 Å². The van der Waals surface area contributed by atoms with Crippen molar-refractivity contribution >= 4 is 5.91 Å². The highest BCUT2D eigenvalue weighted by atomic mass is 19.1. The summed E-state index contributed by atoms with van der Waals surface area (Å²) in [5.41, 5.74) is 6.71. The Labute approximate surface area is 169 Å². The maximum absolute atomic E-state index is 13.8. The number of allylic oxidation sites excluding steroid dienone is 4. The number of halogens is 1. The van der Waals surface area contributed by atoms with E-state index in [9.17, 15) is 9.18 Å². The maximum Gasteiger partial charge on any atom is 0.224 e. The van der Waals surface area contributed by atoms with Crippen LogP contribution in [0.15, 0.2) is 54.9 Å². The lowest BCUT2D eigenvalue weighted by atomic mass is 10.0. The van der Waals surface area contributed by atoms with Gasteiger partial charge in [0, 0.05) is 19.0 Å². The second-order valence-electron chi connectivity index (χ2n) is 7.70. The monoisotopic (exact) mass is 395 g/mol. The number of carbonyl (C=O) groups is 1. The fraction of sp³-hybridized carbons (Fsp3) is 0.409. The Bertz CT molecular complexity index is 921. The first-order valence-corrected chi connectivity index (χ1v) is 10.1. The van der Waals surface area contributed by atoms with Crippen LogP contribution in [0.5, 0.6) is 0 Å². The number of nitrogens with zero attached hydrogens (tertiary/aromatic N) is 4. The summed E-state index contributed by atoms with van der Waals surface area (Å²) in [6.07, 6.45) is 13.2. The van der Waals surface area contributed by atoms with Gasteiger partial charge in [-0.05, 0) is 37.3 Å². The van der Waals surface area contributed by atoms with E-state index in [2.05, 4.69) is 22.2 Å². The van der Waals surface area contributed by atoms with Gasteiger partial charge in [0.15, 0.2) is 5.82 Å². The van der Waals surface area contributed by atoms with E-state index in [1.807, 2.05) is 21.7 Å². The highest BCUT2D eigenvalue weighted by Gasteiger charge is 2.33. The van der Waals surface area contributed by atoms with Crippen LogP contribution < -0.4 is 5.73 Å². The van der Waals surface area contributed by atoms with Crippen molar-refractivity contribution in [1.82, 2.24) is 19.7 Å². The lowest BCUT2D eigenvalue weighted by Gasteiger charge is -2.24. The molecule has 1 fully saturated rings. The van der Waals surface area contributed by atoms with Crippen molar-refractivity contribution in [2.45, 2.75) is 50.2 Å². The molecule has 6 nitrogen and oxygen atoms in total. The summed E-state index contributed by atoms with van der Waals surface area (Å²) < 4.78 is 15.7. The topological polar surface area (TPSA) is 77.0 Å². The van der Waals surface area contributed by atoms with Crippen molar-refractivity contribution < 1.29 is 9.18 Å². The van der Waals surface area contributed by atoms with E-state index < -0.39 is 6.04 Å². The number of benzene rings is 1. The molecule has 3 atom stereocenters. The predicted molar refractivity (Wildman–Crippen MR) is 108 cm³/mol. The Morgan fingerprint density at radius 3 is 2.97 bits per heavy atom. The zero-order valence-electron chi connectivity index (χ0n) is 16.3. The molecule has 2 aromatic rings. The van der Waals surface area contributed by atoms with E-state index in [0.29, 0.717) is 24.4 Å². The molecule has 1 amide bonds. The quantitative estimate of drug-likeness (QED) is 0.815. The Morgan fingerprint density at radius 2 is 2.17 bits per heavy atom. The van der Waals surface area contributed by atoms with Crippen LogP contribution in [0.3, 0.4) is 0 Å². The van der Waals surface area contributed by atoms with E-state index in [1.54, 1.807) is 24.5 Å². The van der Waals surface area contributed by atoms with E-state index >= 15 is 0 Å². The molecule has 152 valence electrons. The number of rotatable bonds is 6. The fourth-order valence-electron chi connectivity index (χ4n) is 4.06. The Hall–Kier alpha value is -2.80. The van der Waals surface area contributed by atoms with E-state index in [-0.39, 0.29) is 30.2 Å². The van der Waals surface area contributed by atoms with Gasteiger partial charge in [-0.15, -0.1) is 0 Å². The largest absolute Gasteiger partial charge is 0.332 e. The molecule has 0 saturated carbocycles. The van der Waals surface area contributed by atoms with Gasteiger partial charge in [-0.1, -0.05) is 42.5 Å². The third-order valence-electron chi connectivity index (χ3n) is 5.57. The van der Waals surface area contributed by atoms with Gasteiger partial charge in [-0.3, -0.25) is 4.79 Å². The number of amides is 1. The van der Waals surface area contributed by atoms with Crippen molar-refractivity contribution in [1.29, 1.82) is 0 Å². The van der Waals surface area contributed by atoms with Crippen molar-refractivity contribution in [3.05, 3.63) is 72.1 Å². The summed E-state index contributed by atoms with van der Waals surface area (Å²) in [6.45, 7) is 0.677. The predicted octanol–water partition coefficient (Wildman–Crippen LogP) is 3.10. The highest BCUT2D eigenvalue weighted by Crippen LogP contribution is 2.31. The molecular weight excluding hydrogens is 369 g/mol. The van der Waals surface area contributed by atoms with Crippen molar-refractivity contribution in [3.63, 3.8) is 0 Å². The molecule has 0 spiro atoms. The molecule has 7 heteroatoms. The molecule has 1 aliphatic carbocycles. The third kappa shape index (κ3) is 4.45. The minimum atomic E-state index is -0.426. The van der Waals surface area contributed by atoms with Crippen LogP contribution >= 0.6 is 0 Å². The van der Waals surface area contributed by atoms with Crippen molar-refractivity contribution in [2.24, 2.45) is 5.73 Å². The normalized spacial score (nSPS) is 22.2. The first-order valence-electron chi connectivity index (χ1n) is 10.1. The number of hydrogen-bond donors (Lipinski definition) is 1. The minimum absolute atomic E-state index is 0.0202. The number of hydrogen-bond acceptors (Lipinski definition) is 4. The van der Waals surface area contributed by atoms with Gasteiger partial charge in [0.1, 0.15) is 12.1 Å². The summed E-state index contributed by atoms with van der Waals surface area (Å²) in [6, 6.07) is 6.18. The molecule has 0 radical (unpaired) electrons. The van der Waals surface area contributed by atoms with Gasteiger partial charge in [0.05, 0.1) is 12.1 Å². The molecule has 1 saturated heterocycles. The molecule has 29 heavy (non-hydrogen) atoms. The van der Waals surface area contributed by atoms with E-state index in [0.717, 1.165) is 19.3 Å². The maximum atomic E-state index is 13.8. The molecule has 2 heterocycles. The summed E-state index contributed by atoms with van der Waals surface area (Å²) in [5, 5.41) is 4.65. The highest BCUT2D eigenvalue weighted by molar-refractivity contribution is 5.77. The van der Waals surface area contributed by atoms with Crippen LogP contribution in [-0.2, 0) is 11.2 Å². The van der Waals surface area contributed by atoms with Crippen LogP contribution in [0.1, 0.15) is 49.2 Å². The Balaban J connectivity index is 1.39. The van der Waals surface area contributed by atoms with Crippen LogP contribution in [0.4, 0.5) is 4.39 Å². The molecule has 1 unspecified atom stereocenters. The van der Waals surface area contributed by atoms with E-state index in [4.69, 9.17) is 5.73 Å². The second kappa shape index (κ2) is 8.69. The molecule has 2 aliphatic rings. The summed E-state index contributed by atoms with van der Waals surface area (Å²) in [7, 11) is 0. The Kier molecular flexibility index (Phi) is 5.85. The fourth-order valence-corrected chi connectivity index (χ4v) is 4.06. The number of aromatic nitrogens is 3. The zero-order valence-corrected chi connectivity index (χ0v) is 16.3. The first kappa shape index (κ1) is 19.5. The lowest BCUT2D eigenvalue weighted by Crippen LogP contribution is -2.36. The summed E-state index contributed by atoms with van der Waals surface area (Å²) in [4.78, 5) is 19.2. The molecule has 0 bridgehead atoms. The van der Waals surface area contributed by atoms with Crippen LogP contribution in [0, 0.1) is 5.82 Å². The molecule has 1 aromatic heterocycles. The molecule has 1 aromatic carbocycles. The van der Waals surface area contributed by atoms with Crippen LogP contribution in [-0.4, -0.2) is 38.2 Å². The van der Waals surface area contributed by atoms with Crippen molar-refractivity contribution in [3.8, 4) is 0 Å². The smallest absolute Gasteiger partial charge is 0.224 e.